The van der Waals surface area contributed by atoms with Gasteiger partial charge in [0.1, 0.15) is 9.84 Å². The summed E-state index contributed by atoms with van der Waals surface area (Å²) in [6.07, 6.45) is 2.67. The van der Waals surface area contributed by atoms with Crippen LogP contribution in [0.3, 0.4) is 0 Å². The van der Waals surface area contributed by atoms with Crippen LogP contribution in [0.2, 0.25) is 0 Å². The van der Waals surface area contributed by atoms with E-state index in [0.29, 0.717) is 12.8 Å². The van der Waals surface area contributed by atoms with Gasteiger partial charge >= 0.3 is 0 Å². The van der Waals surface area contributed by atoms with E-state index in [1.54, 1.807) is 0 Å². The van der Waals surface area contributed by atoms with E-state index in [1.807, 2.05) is 31.2 Å². The molecule has 2 rings (SSSR count). The highest BCUT2D eigenvalue weighted by Gasteiger charge is 2.39. The lowest BCUT2D eigenvalue weighted by Gasteiger charge is -2.22. The molecule has 1 aliphatic rings. The first-order valence-corrected chi connectivity index (χ1v) is 8.55. The van der Waals surface area contributed by atoms with E-state index in [1.165, 1.54) is 5.56 Å². The maximum atomic E-state index is 11.8. The van der Waals surface area contributed by atoms with Crippen LogP contribution in [0.5, 0.6) is 0 Å². The molecule has 1 aromatic carbocycles. The molecule has 0 saturated heterocycles. The maximum absolute atomic E-state index is 11.8. The van der Waals surface area contributed by atoms with E-state index in [-0.39, 0.29) is 11.5 Å². The molecule has 0 N–H and O–H groups in total. The molecule has 0 saturated carbocycles. The highest BCUT2D eigenvalue weighted by molar-refractivity contribution is 7.91. The molecule has 0 spiro atoms. The van der Waals surface area contributed by atoms with Gasteiger partial charge in [0.05, 0.1) is 17.2 Å². The van der Waals surface area contributed by atoms with Crippen molar-refractivity contribution in [1.82, 2.24) is 0 Å². The van der Waals surface area contributed by atoms with Crippen molar-refractivity contribution in [2.24, 2.45) is 0 Å². The van der Waals surface area contributed by atoms with Crippen molar-refractivity contribution in [3.8, 4) is 6.07 Å². The standard InChI is InChI=1S/C15H19NO2S/c1-2-10-19(17,18)11-9-15(12-16)8-7-13-5-3-4-6-14(13)15/h3-6H,2,7-11H2,1H3. The molecule has 1 aromatic rings. The lowest BCUT2D eigenvalue weighted by atomic mass is 9.81. The van der Waals surface area contributed by atoms with E-state index >= 15 is 0 Å². The summed E-state index contributed by atoms with van der Waals surface area (Å²) in [4.78, 5) is 0. The number of aryl methyl sites for hydroxylation is 1. The molecule has 0 fully saturated rings. The van der Waals surface area contributed by atoms with Gasteiger partial charge in [0.2, 0.25) is 0 Å². The number of rotatable bonds is 5. The molecule has 0 aliphatic heterocycles. The van der Waals surface area contributed by atoms with Gasteiger partial charge in [-0.2, -0.15) is 5.26 Å². The number of sulfone groups is 1. The summed E-state index contributed by atoms with van der Waals surface area (Å²) in [5, 5.41) is 9.55. The van der Waals surface area contributed by atoms with Gasteiger partial charge in [-0.1, -0.05) is 31.2 Å². The van der Waals surface area contributed by atoms with Crippen LogP contribution in [0.15, 0.2) is 24.3 Å². The zero-order valence-electron chi connectivity index (χ0n) is 11.2. The van der Waals surface area contributed by atoms with Crippen molar-refractivity contribution < 1.29 is 8.42 Å². The fraction of sp³-hybridized carbons (Fsp3) is 0.533. The van der Waals surface area contributed by atoms with Crippen LogP contribution in [0.25, 0.3) is 0 Å². The molecule has 0 amide bonds. The Labute approximate surface area is 115 Å². The van der Waals surface area contributed by atoms with E-state index in [4.69, 9.17) is 0 Å². The normalized spacial score (nSPS) is 21.9. The minimum absolute atomic E-state index is 0.114. The molecule has 0 bridgehead atoms. The lowest BCUT2D eigenvalue weighted by molar-refractivity contribution is 0.517. The number of benzene rings is 1. The lowest BCUT2D eigenvalue weighted by Crippen LogP contribution is -2.25. The van der Waals surface area contributed by atoms with Crippen LogP contribution < -0.4 is 0 Å². The van der Waals surface area contributed by atoms with Crippen molar-refractivity contribution in [3.05, 3.63) is 35.4 Å². The Balaban J connectivity index is 2.21. The Bertz CT molecular complexity index is 601. The van der Waals surface area contributed by atoms with Crippen molar-refractivity contribution in [1.29, 1.82) is 5.26 Å². The molecule has 4 heteroatoms. The van der Waals surface area contributed by atoms with E-state index < -0.39 is 15.3 Å². The second kappa shape index (κ2) is 5.34. The number of nitrogens with zero attached hydrogens (tertiary/aromatic N) is 1. The van der Waals surface area contributed by atoms with Gasteiger partial charge in [-0.15, -0.1) is 0 Å². The Kier molecular flexibility index (Phi) is 3.96. The van der Waals surface area contributed by atoms with Gasteiger partial charge < -0.3 is 0 Å². The van der Waals surface area contributed by atoms with Gasteiger partial charge in [-0.3, -0.25) is 0 Å². The number of fused-ring (bicyclic) bond motifs is 1. The third-order valence-corrected chi connectivity index (χ3v) is 5.78. The summed E-state index contributed by atoms with van der Waals surface area (Å²) < 4.78 is 23.7. The molecule has 1 atom stereocenters. The fourth-order valence-corrected chi connectivity index (χ4v) is 4.35. The van der Waals surface area contributed by atoms with Crippen LogP contribution in [0.4, 0.5) is 0 Å². The molecular weight excluding hydrogens is 258 g/mol. The van der Waals surface area contributed by atoms with Crippen LogP contribution >= 0.6 is 0 Å². The molecule has 0 radical (unpaired) electrons. The molecular formula is C15H19NO2S. The average molecular weight is 277 g/mol. The summed E-state index contributed by atoms with van der Waals surface area (Å²) in [7, 11) is -3.02. The highest BCUT2D eigenvalue weighted by Crippen LogP contribution is 2.41. The Morgan fingerprint density at radius 1 is 1.32 bits per heavy atom. The third-order valence-electron chi connectivity index (χ3n) is 3.92. The molecule has 102 valence electrons. The highest BCUT2D eigenvalue weighted by atomic mass is 32.2. The molecule has 0 heterocycles. The van der Waals surface area contributed by atoms with E-state index in [9.17, 15) is 13.7 Å². The van der Waals surface area contributed by atoms with Crippen molar-refractivity contribution in [2.45, 2.75) is 38.0 Å². The third kappa shape index (κ3) is 2.82. The van der Waals surface area contributed by atoms with Gasteiger partial charge in [0, 0.05) is 5.75 Å². The van der Waals surface area contributed by atoms with E-state index in [0.717, 1.165) is 18.4 Å². The van der Waals surface area contributed by atoms with Crippen LogP contribution in [-0.2, 0) is 21.7 Å². The molecule has 3 nitrogen and oxygen atoms in total. The zero-order chi connectivity index (χ0) is 13.9. The predicted octanol–water partition coefficient (Wildman–Crippen LogP) is 2.61. The van der Waals surface area contributed by atoms with Crippen LogP contribution in [0.1, 0.15) is 37.3 Å². The first kappa shape index (κ1) is 14.1. The molecule has 1 unspecified atom stereocenters. The summed E-state index contributed by atoms with van der Waals surface area (Å²) in [5.74, 6) is 0.332. The Hall–Kier alpha value is -1.34. The van der Waals surface area contributed by atoms with Crippen LogP contribution in [0, 0.1) is 11.3 Å². The number of hydrogen-bond donors (Lipinski definition) is 0. The van der Waals surface area contributed by atoms with Gasteiger partial charge in [0.15, 0.2) is 0 Å². The quantitative estimate of drug-likeness (QED) is 0.831. The molecule has 0 aromatic heterocycles. The zero-order valence-corrected chi connectivity index (χ0v) is 12.0. The first-order valence-electron chi connectivity index (χ1n) is 6.73. The van der Waals surface area contributed by atoms with Crippen LogP contribution in [-0.4, -0.2) is 19.9 Å². The smallest absolute Gasteiger partial charge is 0.150 e. The SMILES string of the molecule is CCCS(=O)(=O)CCC1(C#N)CCc2ccccc21. The van der Waals surface area contributed by atoms with Crippen molar-refractivity contribution >= 4 is 9.84 Å². The minimum atomic E-state index is -3.02. The first-order chi connectivity index (χ1) is 9.03. The number of hydrogen-bond acceptors (Lipinski definition) is 3. The second-order valence-corrected chi connectivity index (χ2v) is 7.56. The Morgan fingerprint density at radius 2 is 2.05 bits per heavy atom. The monoisotopic (exact) mass is 277 g/mol. The van der Waals surface area contributed by atoms with Crippen molar-refractivity contribution in [2.75, 3.05) is 11.5 Å². The topological polar surface area (TPSA) is 57.9 Å². The summed E-state index contributed by atoms with van der Waals surface area (Å²) >= 11 is 0. The Morgan fingerprint density at radius 3 is 2.74 bits per heavy atom. The predicted molar refractivity (Wildman–Crippen MR) is 75.6 cm³/mol. The summed E-state index contributed by atoms with van der Waals surface area (Å²) in [6, 6.07) is 10.3. The van der Waals surface area contributed by atoms with Gasteiger partial charge in [0.25, 0.3) is 0 Å². The minimum Gasteiger partial charge on any atom is -0.229 e. The molecule has 19 heavy (non-hydrogen) atoms. The molecule has 1 aliphatic carbocycles. The van der Waals surface area contributed by atoms with Gasteiger partial charge in [-0.25, -0.2) is 8.42 Å². The average Bonchev–Trinajstić information content (AvgIpc) is 2.76. The maximum Gasteiger partial charge on any atom is 0.150 e. The van der Waals surface area contributed by atoms with Gasteiger partial charge in [-0.05, 0) is 36.8 Å². The summed E-state index contributed by atoms with van der Waals surface area (Å²) in [6.45, 7) is 1.86. The second-order valence-electron chi connectivity index (χ2n) is 5.25. The summed E-state index contributed by atoms with van der Waals surface area (Å²) in [5.41, 5.74) is 1.62. The number of nitriles is 1. The fourth-order valence-electron chi connectivity index (χ4n) is 2.86. The largest absolute Gasteiger partial charge is 0.229 e. The van der Waals surface area contributed by atoms with Crippen molar-refractivity contribution in [3.63, 3.8) is 0 Å². The van der Waals surface area contributed by atoms with E-state index in [2.05, 4.69) is 6.07 Å².